The molecule has 0 saturated heterocycles. The van der Waals surface area contributed by atoms with E-state index in [1.165, 1.54) is 22.5 Å². The van der Waals surface area contributed by atoms with Crippen LogP contribution in [0.1, 0.15) is 32.6 Å². The van der Waals surface area contributed by atoms with Crippen molar-refractivity contribution in [2.45, 2.75) is 27.7 Å². The maximum Gasteiger partial charge on any atom is 0.257 e. The molecule has 122 valence electrons. The van der Waals surface area contributed by atoms with Crippen LogP contribution in [0.5, 0.6) is 0 Å². The number of nitrogens with zero attached hydrogens (tertiary/aromatic N) is 1. The van der Waals surface area contributed by atoms with Crippen molar-refractivity contribution in [1.82, 2.24) is 4.98 Å². The van der Waals surface area contributed by atoms with Crippen molar-refractivity contribution in [2.24, 2.45) is 0 Å². The maximum atomic E-state index is 12.5. The number of rotatable bonds is 3. The second-order valence-electron chi connectivity index (χ2n) is 6.04. The number of aryl methyl sites for hydroxylation is 3. The average molecular weight is 336 g/mol. The van der Waals surface area contributed by atoms with Gasteiger partial charge in [0.25, 0.3) is 5.91 Å². The molecule has 1 aromatic heterocycles. The minimum atomic E-state index is -0.114. The molecule has 1 heterocycles. The Bertz CT molecular complexity index is 912. The minimum absolute atomic E-state index is 0.114. The Hall–Kier alpha value is -2.46. The molecule has 3 rings (SSSR count). The Balaban J connectivity index is 1.82. The highest BCUT2D eigenvalue weighted by Crippen LogP contribution is 2.27. The molecule has 0 spiro atoms. The van der Waals surface area contributed by atoms with Gasteiger partial charge in [-0.05, 0) is 62.1 Å². The van der Waals surface area contributed by atoms with Crippen LogP contribution in [0.25, 0.3) is 11.3 Å². The van der Waals surface area contributed by atoms with Crippen LogP contribution in [-0.2, 0) is 0 Å². The van der Waals surface area contributed by atoms with Gasteiger partial charge in [-0.25, -0.2) is 4.98 Å². The standard InChI is InChI=1S/C20H20N2OS/c1-12-8-9-16(10-14(12)3)18-11-24-20(21-18)22-19(23)17-7-5-6-13(2)15(17)4/h5-11H,1-4H3,(H,21,22,23). The van der Waals surface area contributed by atoms with Crippen LogP contribution in [0, 0.1) is 27.7 Å². The largest absolute Gasteiger partial charge is 0.298 e. The number of benzene rings is 2. The zero-order valence-corrected chi connectivity index (χ0v) is 15.1. The van der Waals surface area contributed by atoms with Gasteiger partial charge in [-0.2, -0.15) is 0 Å². The summed E-state index contributed by atoms with van der Waals surface area (Å²) in [5.41, 5.74) is 7.26. The SMILES string of the molecule is Cc1ccc(-c2csc(NC(=O)c3cccc(C)c3C)n2)cc1C. The molecule has 0 bridgehead atoms. The number of carbonyl (C=O) groups excluding carboxylic acids is 1. The summed E-state index contributed by atoms with van der Waals surface area (Å²) in [4.78, 5) is 17.0. The first kappa shape index (κ1) is 16.4. The van der Waals surface area contributed by atoms with Gasteiger partial charge in [0.1, 0.15) is 0 Å². The van der Waals surface area contributed by atoms with Gasteiger partial charge in [0.05, 0.1) is 5.69 Å². The van der Waals surface area contributed by atoms with Crippen LogP contribution < -0.4 is 5.32 Å². The van der Waals surface area contributed by atoms with Crippen molar-refractivity contribution >= 4 is 22.4 Å². The van der Waals surface area contributed by atoms with Crippen LogP contribution in [0.4, 0.5) is 5.13 Å². The van der Waals surface area contributed by atoms with Gasteiger partial charge in [0.2, 0.25) is 0 Å². The lowest BCUT2D eigenvalue weighted by Crippen LogP contribution is -2.13. The van der Waals surface area contributed by atoms with E-state index < -0.39 is 0 Å². The van der Waals surface area contributed by atoms with Crippen molar-refractivity contribution in [3.8, 4) is 11.3 Å². The highest BCUT2D eigenvalue weighted by Gasteiger charge is 2.13. The number of nitrogens with one attached hydrogen (secondary N) is 1. The number of thiazole rings is 1. The molecule has 0 saturated carbocycles. The van der Waals surface area contributed by atoms with Crippen molar-refractivity contribution in [2.75, 3.05) is 5.32 Å². The summed E-state index contributed by atoms with van der Waals surface area (Å²) in [6.45, 7) is 8.16. The summed E-state index contributed by atoms with van der Waals surface area (Å²) in [5, 5.41) is 5.51. The zero-order valence-electron chi connectivity index (χ0n) is 14.3. The van der Waals surface area contributed by atoms with Crippen LogP contribution in [-0.4, -0.2) is 10.9 Å². The summed E-state index contributed by atoms with van der Waals surface area (Å²) in [6, 6.07) is 12.0. The smallest absolute Gasteiger partial charge is 0.257 e. The predicted octanol–water partition coefficient (Wildman–Crippen LogP) is 5.30. The fourth-order valence-corrected chi connectivity index (χ4v) is 3.24. The molecule has 2 aromatic carbocycles. The van der Waals surface area contributed by atoms with E-state index in [4.69, 9.17) is 0 Å². The fraction of sp³-hybridized carbons (Fsp3) is 0.200. The molecular formula is C20H20N2OS. The van der Waals surface area contributed by atoms with Crippen molar-refractivity contribution in [1.29, 1.82) is 0 Å². The molecule has 0 unspecified atom stereocenters. The van der Waals surface area contributed by atoms with E-state index in [2.05, 4.69) is 42.3 Å². The van der Waals surface area contributed by atoms with Gasteiger partial charge in [0, 0.05) is 16.5 Å². The fourth-order valence-electron chi connectivity index (χ4n) is 2.53. The number of amides is 1. The van der Waals surface area contributed by atoms with Crippen LogP contribution >= 0.6 is 11.3 Å². The maximum absolute atomic E-state index is 12.5. The third-order valence-electron chi connectivity index (χ3n) is 4.38. The minimum Gasteiger partial charge on any atom is -0.298 e. The molecule has 0 fully saturated rings. The highest BCUT2D eigenvalue weighted by molar-refractivity contribution is 7.14. The topological polar surface area (TPSA) is 42.0 Å². The van der Waals surface area contributed by atoms with E-state index in [-0.39, 0.29) is 5.91 Å². The summed E-state index contributed by atoms with van der Waals surface area (Å²) < 4.78 is 0. The molecule has 0 aliphatic heterocycles. The van der Waals surface area contributed by atoms with Crippen molar-refractivity contribution in [3.05, 3.63) is 69.6 Å². The van der Waals surface area contributed by atoms with Gasteiger partial charge in [-0.15, -0.1) is 11.3 Å². The van der Waals surface area contributed by atoms with E-state index in [1.54, 1.807) is 0 Å². The first-order chi connectivity index (χ1) is 11.5. The summed E-state index contributed by atoms with van der Waals surface area (Å²) in [5.74, 6) is -0.114. The number of hydrogen-bond acceptors (Lipinski definition) is 3. The average Bonchev–Trinajstić information content (AvgIpc) is 3.01. The van der Waals surface area contributed by atoms with E-state index in [1.807, 2.05) is 37.4 Å². The Kier molecular flexibility index (Phi) is 4.49. The summed E-state index contributed by atoms with van der Waals surface area (Å²) in [6.07, 6.45) is 0. The van der Waals surface area contributed by atoms with Gasteiger partial charge in [0.15, 0.2) is 5.13 Å². The molecule has 0 radical (unpaired) electrons. The molecule has 1 N–H and O–H groups in total. The molecule has 24 heavy (non-hydrogen) atoms. The second-order valence-corrected chi connectivity index (χ2v) is 6.90. The third kappa shape index (κ3) is 3.24. The second kappa shape index (κ2) is 6.57. The van der Waals surface area contributed by atoms with Gasteiger partial charge in [-0.1, -0.05) is 24.3 Å². The van der Waals surface area contributed by atoms with Crippen LogP contribution in [0.15, 0.2) is 41.8 Å². The number of anilines is 1. The lowest BCUT2D eigenvalue weighted by Gasteiger charge is -2.07. The van der Waals surface area contributed by atoms with E-state index in [0.717, 1.165) is 22.4 Å². The lowest BCUT2D eigenvalue weighted by molar-refractivity contribution is 0.102. The zero-order chi connectivity index (χ0) is 17.3. The molecular weight excluding hydrogens is 316 g/mol. The molecule has 1 amide bonds. The van der Waals surface area contributed by atoms with E-state index in [0.29, 0.717) is 10.7 Å². The lowest BCUT2D eigenvalue weighted by atomic mass is 10.0. The third-order valence-corrected chi connectivity index (χ3v) is 5.13. The summed E-state index contributed by atoms with van der Waals surface area (Å²) in [7, 11) is 0. The van der Waals surface area contributed by atoms with Crippen LogP contribution in [0.2, 0.25) is 0 Å². The predicted molar refractivity (Wildman–Crippen MR) is 101 cm³/mol. The van der Waals surface area contributed by atoms with Gasteiger partial charge < -0.3 is 0 Å². The summed E-state index contributed by atoms with van der Waals surface area (Å²) >= 11 is 1.44. The molecule has 3 nitrogen and oxygen atoms in total. The van der Waals surface area contributed by atoms with Gasteiger partial charge >= 0.3 is 0 Å². The Morgan fingerprint density at radius 2 is 1.79 bits per heavy atom. The Morgan fingerprint density at radius 1 is 1.00 bits per heavy atom. The number of aromatic nitrogens is 1. The quantitative estimate of drug-likeness (QED) is 0.705. The molecule has 4 heteroatoms. The Labute approximate surface area is 146 Å². The normalized spacial score (nSPS) is 10.7. The number of carbonyl (C=O) groups is 1. The molecule has 3 aromatic rings. The molecule has 0 aliphatic carbocycles. The molecule has 0 aliphatic rings. The Morgan fingerprint density at radius 3 is 2.54 bits per heavy atom. The molecule has 0 atom stereocenters. The van der Waals surface area contributed by atoms with E-state index >= 15 is 0 Å². The first-order valence-electron chi connectivity index (χ1n) is 7.86. The highest BCUT2D eigenvalue weighted by atomic mass is 32.1. The van der Waals surface area contributed by atoms with E-state index in [9.17, 15) is 4.79 Å². The van der Waals surface area contributed by atoms with Crippen molar-refractivity contribution < 1.29 is 4.79 Å². The number of hydrogen-bond donors (Lipinski definition) is 1. The first-order valence-corrected chi connectivity index (χ1v) is 8.74. The van der Waals surface area contributed by atoms with Crippen molar-refractivity contribution in [3.63, 3.8) is 0 Å². The van der Waals surface area contributed by atoms with Crippen LogP contribution in [0.3, 0.4) is 0 Å². The monoisotopic (exact) mass is 336 g/mol. The van der Waals surface area contributed by atoms with Gasteiger partial charge in [-0.3, -0.25) is 10.1 Å².